The first-order valence-corrected chi connectivity index (χ1v) is 15.0. The van der Waals surface area contributed by atoms with Gasteiger partial charge in [0.2, 0.25) is 12.7 Å². The minimum absolute atomic E-state index is 0.0106. The van der Waals surface area contributed by atoms with Gasteiger partial charge in [-0.15, -0.1) is 11.3 Å². The Morgan fingerprint density at radius 1 is 1.07 bits per heavy atom. The van der Waals surface area contributed by atoms with Gasteiger partial charge in [0, 0.05) is 23.5 Å². The molecule has 0 radical (unpaired) electrons. The Bertz CT molecular complexity index is 1340. The van der Waals surface area contributed by atoms with Crippen molar-refractivity contribution in [1.29, 1.82) is 0 Å². The van der Waals surface area contributed by atoms with E-state index >= 15 is 0 Å². The van der Waals surface area contributed by atoms with Crippen LogP contribution in [-0.4, -0.2) is 54.6 Å². The van der Waals surface area contributed by atoms with Gasteiger partial charge >= 0.3 is 0 Å². The molecule has 3 aromatic rings. The van der Waals surface area contributed by atoms with E-state index in [9.17, 15) is 9.59 Å². The van der Waals surface area contributed by atoms with Crippen molar-refractivity contribution in [1.82, 2.24) is 9.80 Å². The zero-order chi connectivity index (χ0) is 28.2. The Labute approximate surface area is 240 Å². The maximum Gasteiger partial charge on any atom is 0.254 e. The molecule has 5 rings (SSSR count). The van der Waals surface area contributed by atoms with Crippen molar-refractivity contribution in [2.24, 2.45) is 5.92 Å². The maximum absolute atomic E-state index is 13.9. The number of rotatable bonds is 10. The first kappa shape index (κ1) is 28.0. The standard InChI is InChI=1S/C32H38N2O5S/c1-5-22(4)17-33(32(36)24-8-11-28-29(16-24)39-20-38-28)18-31(35)34-14-12-30-26(13-15-40-30)27(34)19-37-25-9-6-23(7-10-25)21(2)3/h6-11,13,15-16,21-22,27H,5,12,14,17-20H2,1-4H3/t22-,27-/m0/s1. The van der Waals surface area contributed by atoms with Gasteiger partial charge in [0.15, 0.2) is 11.5 Å². The summed E-state index contributed by atoms with van der Waals surface area (Å²) in [6.45, 7) is 10.1. The number of fused-ring (bicyclic) bond motifs is 2. The molecule has 0 spiro atoms. The lowest BCUT2D eigenvalue weighted by atomic mass is 10.00. The van der Waals surface area contributed by atoms with Crippen molar-refractivity contribution in [2.45, 2.75) is 52.5 Å². The molecule has 40 heavy (non-hydrogen) atoms. The second kappa shape index (κ2) is 12.3. The molecule has 0 unspecified atom stereocenters. The van der Waals surface area contributed by atoms with Crippen LogP contribution in [0.2, 0.25) is 0 Å². The van der Waals surface area contributed by atoms with Crippen LogP contribution < -0.4 is 14.2 Å². The Hall–Kier alpha value is -3.52. The van der Waals surface area contributed by atoms with Gasteiger partial charge in [-0.05, 0) is 71.2 Å². The van der Waals surface area contributed by atoms with Crippen molar-refractivity contribution in [3.05, 3.63) is 75.5 Å². The van der Waals surface area contributed by atoms with Crippen LogP contribution in [0, 0.1) is 5.92 Å². The van der Waals surface area contributed by atoms with E-state index in [1.165, 1.54) is 10.4 Å². The van der Waals surface area contributed by atoms with Crippen LogP contribution in [0.4, 0.5) is 0 Å². The van der Waals surface area contributed by atoms with Crippen molar-refractivity contribution in [3.63, 3.8) is 0 Å². The molecule has 2 aliphatic heterocycles. The topological polar surface area (TPSA) is 68.3 Å². The number of thiophene rings is 1. The summed E-state index contributed by atoms with van der Waals surface area (Å²) in [5, 5.41) is 2.08. The number of hydrogen-bond acceptors (Lipinski definition) is 6. The fourth-order valence-corrected chi connectivity index (χ4v) is 6.12. The molecule has 7 nitrogen and oxygen atoms in total. The van der Waals surface area contributed by atoms with Crippen molar-refractivity contribution in [2.75, 3.05) is 33.0 Å². The van der Waals surface area contributed by atoms with Crippen LogP contribution in [0.15, 0.2) is 53.9 Å². The van der Waals surface area contributed by atoms with Crippen molar-refractivity contribution >= 4 is 23.2 Å². The quantitative estimate of drug-likeness (QED) is 0.290. The second-order valence-corrected chi connectivity index (χ2v) is 12.0. The molecule has 0 aliphatic carbocycles. The second-order valence-electron chi connectivity index (χ2n) is 11.0. The van der Waals surface area contributed by atoms with Crippen molar-refractivity contribution < 1.29 is 23.8 Å². The molecule has 2 aliphatic rings. The number of carbonyl (C=O) groups is 2. The number of hydrogen-bond donors (Lipinski definition) is 0. The largest absolute Gasteiger partial charge is 0.491 e. The van der Waals surface area contributed by atoms with Crippen LogP contribution in [-0.2, 0) is 11.2 Å². The van der Waals surface area contributed by atoms with E-state index in [0.717, 1.165) is 24.2 Å². The number of ether oxygens (including phenoxy) is 3. The Balaban J connectivity index is 1.34. The van der Waals surface area contributed by atoms with Crippen LogP contribution >= 0.6 is 11.3 Å². The third-order valence-electron chi connectivity index (χ3n) is 7.83. The van der Waals surface area contributed by atoms with E-state index in [2.05, 4.69) is 51.3 Å². The molecule has 0 saturated carbocycles. The van der Waals surface area contributed by atoms with E-state index in [-0.39, 0.29) is 37.1 Å². The number of benzene rings is 2. The predicted octanol–water partition coefficient (Wildman–Crippen LogP) is 6.29. The van der Waals surface area contributed by atoms with Crippen molar-refractivity contribution in [3.8, 4) is 17.2 Å². The van der Waals surface area contributed by atoms with E-state index in [4.69, 9.17) is 14.2 Å². The third-order valence-corrected chi connectivity index (χ3v) is 8.83. The highest BCUT2D eigenvalue weighted by Gasteiger charge is 2.34. The zero-order valence-corrected chi connectivity index (χ0v) is 24.5. The smallest absolute Gasteiger partial charge is 0.254 e. The summed E-state index contributed by atoms with van der Waals surface area (Å²) in [7, 11) is 0. The summed E-state index contributed by atoms with van der Waals surface area (Å²) in [6.07, 6.45) is 1.72. The van der Waals surface area contributed by atoms with Crippen LogP contribution in [0.25, 0.3) is 0 Å². The zero-order valence-electron chi connectivity index (χ0n) is 23.7. The molecule has 0 N–H and O–H groups in total. The molecule has 0 bridgehead atoms. The lowest BCUT2D eigenvalue weighted by Crippen LogP contribution is -2.48. The molecule has 212 valence electrons. The average Bonchev–Trinajstić information content (AvgIpc) is 3.64. The third kappa shape index (κ3) is 6.12. The molecule has 1 aromatic heterocycles. The lowest BCUT2D eigenvalue weighted by Gasteiger charge is -2.37. The highest BCUT2D eigenvalue weighted by Crippen LogP contribution is 2.35. The van der Waals surface area contributed by atoms with E-state index < -0.39 is 0 Å². The summed E-state index contributed by atoms with van der Waals surface area (Å²) in [4.78, 5) is 32.5. The van der Waals surface area contributed by atoms with E-state index in [0.29, 0.717) is 42.7 Å². The van der Waals surface area contributed by atoms with E-state index in [1.54, 1.807) is 34.4 Å². The SMILES string of the molecule is CC[C@H](C)CN(CC(=O)N1CCc2sccc2[C@@H]1COc1ccc(C(C)C)cc1)C(=O)c1ccc2c(c1)OCO2. The number of amides is 2. The molecule has 0 saturated heterocycles. The summed E-state index contributed by atoms with van der Waals surface area (Å²) < 4.78 is 17.1. The fourth-order valence-electron chi connectivity index (χ4n) is 5.19. The highest BCUT2D eigenvalue weighted by atomic mass is 32.1. The Kier molecular flexibility index (Phi) is 8.64. The summed E-state index contributed by atoms with van der Waals surface area (Å²) in [6, 6.07) is 15.3. The Morgan fingerprint density at radius 2 is 1.85 bits per heavy atom. The van der Waals surface area contributed by atoms with Crippen LogP contribution in [0.3, 0.4) is 0 Å². The van der Waals surface area contributed by atoms with E-state index in [1.807, 2.05) is 17.0 Å². The van der Waals surface area contributed by atoms with Crippen LogP contribution in [0.1, 0.15) is 72.4 Å². The molecule has 2 aromatic carbocycles. The molecule has 8 heteroatoms. The summed E-state index contributed by atoms with van der Waals surface area (Å²) >= 11 is 1.73. The predicted molar refractivity (Wildman–Crippen MR) is 156 cm³/mol. The first-order chi connectivity index (χ1) is 19.3. The van der Waals surface area contributed by atoms with Gasteiger partial charge in [0.1, 0.15) is 18.9 Å². The van der Waals surface area contributed by atoms with Gasteiger partial charge in [-0.1, -0.05) is 46.2 Å². The highest BCUT2D eigenvalue weighted by molar-refractivity contribution is 7.10. The average molecular weight is 563 g/mol. The molecular weight excluding hydrogens is 524 g/mol. The lowest BCUT2D eigenvalue weighted by molar-refractivity contribution is -0.135. The maximum atomic E-state index is 13.9. The van der Waals surface area contributed by atoms with Gasteiger partial charge < -0.3 is 24.0 Å². The summed E-state index contributed by atoms with van der Waals surface area (Å²) in [5.74, 6) is 2.42. The molecule has 2 amide bonds. The minimum atomic E-state index is -0.210. The first-order valence-electron chi connectivity index (χ1n) is 14.1. The number of carbonyl (C=O) groups excluding carboxylic acids is 2. The summed E-state index contributed by atoms with van der Waals surface area (Å²) in [5.41, 5.74) is 2.89. The normalized spacial score (nSPS) is 16.5. The number of nitrogens with zero attached hydrogens (tertiary/aromatic N) is 2. The monoisotopic (exact) mass is 562 g/mol. The molecule has 2 atom stereocenters. The van der Waals surface area contributed by atoms with Crippen LogP contribution in [0.5, 0.6) is 17.2 Å². The molecule has 3 heterocycles. The molecule has 0 fully saturated rings. The van der Waals surface area contributed by atoms with Gasteiger partial charge in [0.05, 0.1) is 6.04 Å². The minimum Gasteiger partial charge on any atom is -0.491 e. The van der Waals surface area contributed by atoms with Gasteiger partial charge in [-0.2, -0.15) is 0 Å². The molecular formula is C32H38N2O5S. The Morgan fingerprint density at radius 3 is 2.60 bits per heavy atom. The van der Waals surface area contributed by atoms with Gasteiger partial charge in [0.25, 0.3) is 5.91 Å². The van der Waals surface area contributed by atoms with Gasteiger partial charge in [-0.25, -0.2) is 0 Å². The fraction of sp³-hybridized carbons (Fsp3) is 0.438. The van der Waals surface area contributed by atoms with Gasteiger partial charge in [-0.3, -0.25) is 9.59 Å².